The molecule has 0 bridgehead atoms. The summed E-state index contributed by atoms with van der Waals surface area (Å²) in [5, 5.41) is 3.36. The predicted molar refractivity (Wildman–Crippen MR) is 115 cm³/mol. The van der Waals surface area contributed by atoms with E-state index in [9.17, 15) is 8.78 Å². The second-order valence-electron chi connectivity index (χ2n) is 6.80. The molecule has 2 heterocycles. The van der Waals surface area contributed by atoms with Gasteiger partial charge in [0, 0.05) is 63.1 Å². The Hall–Kier alpha value is -2.04. The Labute approximate surface area is 180 Å². The van der Waals surface area contributed by atoms with Crippen LogP contribution in [-0.2, 0) is 0 Å². The van der Waals surface area contributed by atoms with Crippen LogP contribution in [0.3, 0.4) is 0 Å². The average molecular weight is 500 g/mol. The number of rotatable bonds is 3. The van der Waals surface area contributed by atoms with E-state index < -0.39 is 11.6 Å². The van der Waals surface area contributed by atoms with Crippen molar-refractivity contribution in [3.05, 3.63) is 53.9 Å². The van der Waals surface area contributed by atoms with E-state index in [-0.39, 0.29) is 41.5 Å². The molecule has 4 rings (SSSR count). The zero-order valence-corrected chi connectivity index (χ0v) is 17.9. The number of aliphatic imine (C=N–C) groups is 1. The van der Waals surface area contributed by atoms with Gasteiger partial charge in [-0.25, -0.2) is 18.7 Å². The van der Waals surface area contributed by atoms with Crippen molar-refractivity contribution >= 4 is 35.9 Å². The normalized spacial score (nSPS) is 21.9. The Morgan fingerprint density at radius 3 is 2.32 bits per heavy atom. The Morgan fingerprint density at radius 2 is 1.71 bits per heavy atom. The molecule has 1 saturated carbocycles. The van der Waals surface area contributed by atoms with Gasteiger partial charge in [0.2, 0.25) is 5.95 Å². The topological polar surface area (TPSA) is 56.7 Å². The van der Waals surface area contributed by atoms with E-state index in [0.29, 0.717) is 6.42 Å². The van der Waals surface area contributed by atoms with Crippen LogP contribution in [-0.4, -0.2) is 60.1 Å². The molecule has 0 radical (unpaired) electrons. The van der Waals surface area contributed by atoms with Crippen molar-refractivity contribution in [3.8, 4) is 0 Å². The first-order chi connectivity index (χ1) is 13.2. The summed E-state index contributed by atoms with van der Waals surface area (Å²) in [5.41, 5.74) is 0.177. The zero-order chi connectivity index (χ0) is 18.8. The summed E-state index contributed by atoms with van der Waals surface area (Å²) in [5.74, 6) is 0.402. The lowest BCUT2D eigenvalue weighted by Crippen LogP contribution is -2.53. The second kappa shape index (κ2) is 8.97. The molecule has 1 aromatic carbocycles. The summed E-state index contributed by atoms with van der Waals surface area (Å²) < 4.78 is 27.9. The molecule has 0 amide bonds. The molecule has 1 aliphatic heterocycles. The Morgan fingerprint density at radius 1 is 1.07 bits per heavy atom. The standard InChI is InChI=1S/C19H22F2N6.HI/c1-22-18(25-16-12-13(16)17-14(20)4-2-5-15(17)21)26-8-10-27(11-9-26)19-23-6-3-7-24-19;/h2-7,13,16H,8-12H2,1H3,(H,22,25);1H. The van der Waals surface area contributed by atoms with E-state index in [0.717, 1.165) is 38.1 Å². The molecule has 28 heavy (non-hydrogen) atoms. The Kier molecular flexibility index (Phi) is 6.63. The number of nitrogens with zero attached hydrogens (tertiary/aromatic N) is 5. The van der Waals surface area contributed by atoms with Crippen molar-refractivity contribution in [2.45, 2.75) is 18.4 Å². The van der Waals surface area contributed by atoms with E-state index in [1.807, 2.05) is 0 Å². The molecule has 1 aromatic heterocycles. The summed E-state index contributed by atoms with van der Waals surface area (Å²) in [6.45, 7) is 3.15. The van der Waals surface area contributed by atoms with Gasteiger partial charge in [0.15, 0.2) is 5.96 Å². The molecule has 2 aliphatic rings. The number of halogens is 3. The van der Waals surface area contributed by atoms with Crippen LogP contribution in [0.1, 0.15) is 17.9 Å². The number of hydrogen-bond acceptors (Lipinski definition) is 4. The number of aromatic nitrogens is 2. The highest BCUT2D eigenvalue weighted by Crippen LogP contribution is 2.43. The molecule has 9 heteroatoms. The largest absolute Gasteiger partial charge is 0.353 e. The minimum atomic E-state index is -0.476. The third-order valence-electron chi connectivity index (χ3n) is 5.10. The minimum absolute atomic E-state index is 0. The molecule has 150 valence electrons. The van der Waals surface area contributed by atoms with Crippen LogP contribution in [0.5, 0.6) is 0 Å². The minimum Gasteiger partial charge on any atom is -0.353 e. The van der Waals surface area contributed by atoms with Gasteiger partial charge in [-0.2, -0.15) is 0 Å². The van der Waals surface area contributed by atoms with Gasteiger partial charge in [0.1, 0.15) is 11.6 Å². The SMILES string of the molecule is CN=C(NC1CC1c1c(F)cccc1F)N1CCN(c2ncccn2)CC1.I. The lowest BCUT2D eigenvalue weighted by Gasteiger charge is -2.36. The number of hydrogen-bond donors (Lipinski definition) is 1. The van der Waals surface area contributed by atoms with Gasteiger partial charge in [-0.15, -0.1) is 24.0 Å². The fraction of sp³-hybridized carbons (Fsp3) is 0.421. The highest BCUT2D eigenvalue weighted by molar-refractivity contribution is 14.0. The van der Waals surface area contributed by atoms with Crippen LogP contribution in [0.2, 0.25) is 0 Å². The van der Waals surface area contributed by atoms with Gasteiger partial charge in [0.25, 0.3) is 0 Å². The van der Waals surface area contributed by atoms with Gasteiger partial charge in [0.05, 0.1) is 0 Å². The molecule has 2 atom stereocenters. The maximum atomic E-state index is 14.0. The third-order valence-corrected chi connectivity index (χ3v) is 5.10. The van der Waals surface area contributed by atoms with Crippen molar-refractivity contribution in [3.63, 3.8) is 0 Å². The maximum absolute atomic E-state index is 14.0. The smallest absolute Gasteiger partial charge is 0.225 e. The quantitative estimate of drug-likeness (QED) is 0.399. The second-order valence-corrected chi connectivity index (χ2v) is 6.80. The van der Waals surface area contributed by atoms with Crippen LogP contribution >= 0.6 is 24.0 Å². The van der Waals surface area contributed by atoms with Gasteiger partial charge >= 0.3 is 0 Å². The van der Waals surface area contributed by atoms with Crippen molar-refractivity contribution in [2.75, 3.05) is 38.1 Å². The van der Waals surface area contributed by atoms with E-state index >= 15 is 0 Å². The summed E-state index contributed by atoms with van der Waals surface area (Å²) >= 11 is 0. The summed E-state index contributed by atoms with van der Waals surface area (Å²) in [7, 11) is 1.73. The average Bonchev–Trinajstić information content (AvgIpc) is 3.45. The van der Waals surface area contributed by atoms with Gasteiger partial charge in [-0.05, 0) is 24.6 Å². The number of anilines is 1. The molecular formula is C19H23F2IN6. The number of benzene rings is 1. The van der Waals surface area contributed by atoms with Crippen LogP contribution < -0.4 is 10.2 Å². The van der Waals surface area contributed by atoms with E-state index in [4.69, 9.17) is 0 Å². The van der Waals surface area contributed by atoms with Crippen molar-refractivity contribution in [1.82, 2.24) is 20.2 Å². The zero-order valence-electron chi connectivity index (χ0n) is 15.6. The van der Waals surface area contributed by atoms with Crippen molar-refractivity contribution < 1.29 is 8.78 Å². The molecule has 2 aromatic rings. The van der Waals surface area contributed by atoms with E-state index in [1.54, 1.807) is 25.5 Å². The fourth-order valence-electron chi connectivity index (χ4n) is 3.57. The van der Waals surface area contributed by atoms with E-state index in [2.05, 4.69) is 30.1 Å². The summed E-state index contributed by atoms with van der Waals surface area (Å²) in [4.78, 5) is 17.2. The molecular weight excluding hydrogens is 477 g/mol. The molecule has 1 aliphatic carbocycles. The lowest BCUT2D eigenvalue weighted by molar-refractivity contribution is 0.369. The lowest BCUT2D eigenvalue weighted by atomic mass is 10.1. The molecule has 2 fully saturated rings. The monoisotopic (exact) mass is 500 g/mol. The number of guanidine groups is 1. The molecule has 1 N–H and O–H groups in total. The van der Waals surface area contributed by atoms with Crippen LogP contribution in [0, 0.1) is 11.6 Å². The number of nitrogens with one attached hydrogen (secondary N) is 1. The molecule has 6 nitrogen and oxygen atoms in total. The van der Waals surface area contributed by atoms with Crippen LogP contribution in [0.15, 0.2) is 41.7 Å². The molecule has 1 saturated heterocycles. The van der Waals surface area contributed by atoms with E-state index in [1.165, 1.54) is 18.2 Å². The van der Waals surface area contributed by atoms with Gasteiger partial charge < -0.3 is 15.1 Å². The first-order valence-corrected chi connectivity index (χ1v) is 9.11. The summed E-state index contributed by atoms with van der Waals surface area (Å²) in [6.07, 6.45) is 4.18. The fourth-order valence-corrected chi connectivity index (χ4v) is 3.57. The Balaban J connectivity index is 0.00000225. The van der Waals surface area contributed by atoms with Gasteiger partial charge in [-0.3, -0.25) is 4.99 Å². The van der Waals surface area contributed by atoms with Crippen molar-refractivity contribution in [2.24, 2.45) is 4.99 Å². The maximum Gasteiger partial charge on any atom is 0.225 e. The predicted octanol–water partition coefficient (Wildman–Crippen LogP) is 2.63. The highest BCUT2D eigenvalue weighted by atomic mass is 127. The first kappa shape index (κ1) is 20.7. The first-order valence-electron chi connectivity index (χ1n) is 9.11. The third kappa shape index (κ3) is 4.34. The van der Waals surface area contributed by atoms with Gasteiger partial charge in [-0.1, -0.05) is 6.07 Å². The van der Waals surface area contributed by atoms with Crippen LogP contribution in [0.4, 0.5) is 14.7 Å². The van der Waals surface area contributed by atoms with Crippen molar-refractivity contribution in [1.29, 1.82) is 0 Å². The molecule has 0 spiro atoms. The number of piperazine rings is 1. The summed E-state index contributed by atoms with van der Waals surface area (Å²) in [6, 6.07) is 5.83. The Bertz CT molecular complexity index is 806. The van der Waals surface area contributed by atoms with Crippen LogP contribution in [0.25, 0.3) is 0 Å². The molecule has 2 unspecified atom stereocenters. The highest BCUT2D eigenvalue weighted by Gasteiger charge is 2.43.